The van der Waals surface area contributed by atoms with Gasteiger partial charge in [0.15, 0.2) is 5.75 Å². The minimum Gasteiger partial charge on any atom is -0.337 e. The monoisotopic (exact) mass is 273 g/mol. The van der Waals surface area contributed by atoms with Crippen LogP contribution in [0.2, 0.25) is 0 Å². The van der Waals surface area contributed by atoms with Crippen molar-refractivity contribution < 1.29 is 9.78 Å². The molecule has 2 heterocycles. The van der Waals surface area contributed by atoms with Crippen LogP contribution >= 0.6 is 0 Å². The summed E-state index contributed by atoms with van der Waals surface area (Å²) in [5.41, 5.74) is 2.93. The summed E-state index contributed by atoms with van der Waals surface area (Å²) in [6.45, 7) is 0.448. The fraction of sp³-hybridized carbons (Fsp3) is 0.0556. The van der Waals surface area contributed by atoms with Crippen molar-refractivity contribution in [3.8, 4) is 17.6 Å². The largest absolute Gasteiger partial charge is 0.337 e. The van der Waals surface area contributed by atoms with Crippen LogP contribution in [-0.4, -0.2) is 4.98 Å². The minimum absolute atomic E-state index is 0.448. The second kappa shape index (κ2) is 4.93. The predicted octanol–water partition coefficient (Wildman–Crippen LogP) is 3.46. The summed E-state index contributed by atoms with van der Waals surface area (Å²) in [7, 11) is 0. The fourth-order valence-corrected chi connectivity index (χ4v) is 2.44. The van der Waals surface area contributed by atoms with Gasteiger partial charge in [-0.15, -0.1) is 0 Å². The second-order valence-electron chi connectivity index (χ2n) is 4.78. The van der Waals surface area contributed by atoms with Crippen LogP contribution < -0.4 is 4.89 Å². The zero-order valence-electron chi connectivity index (χ0n) is 11.2. The lowest BCUT2D eigenvalue weighted by Gasteiger charge is -2.04. The Kier molecular flexibility index (Phi) is 2.81. The maximum atomic E-state index is 5.20. The van der Waals surface area contributed by atoms with Gasteiger partial charge in [0.2, 0.25) is 0 Å². The molecule has 3 nitrogen and oxygen atoms in total. The molecule has 0 amide bonds. The summed E-state index contributed by atoms with van der Waals surface area (Å²) < 4.78 is 0. The highest BCUT2D eigenvalue weighted by Gasteiger charge is 2.19. The van der Waals surface area contributed by atoms with E-state index in [1.54, 1.807) is 6.20 Å². The van der Waals surface area contributed by atoms with Gasteiger partial charge in [-0.25, -0.2) is 0 Å². The van der Waals surface area contributed by atoms with E-state index in [0.717, 1.165) is 33.2 Å². The summed E-state index contributed by atoms with van der Waals surface area (Å²) in [4.78, 5) is 14.5. The molecular formula is C18H11NO2. The fourth-order valence-electron chi connectivity index (χ4n) is 2.44. The Hall–Kier alpha value is -2.83. The molecule has 0 bridgehead atoms. The summed E-state index contributed by atoms with van der Waals surface area (Å²) in [5, 5.41) is 2.10. The van der Waals surface area contributed by atoms with Gasteiger partial charge in [-0.3, -0.25) is 4.98 Å². The zero-order valence-corrected chi connectivity index (χ0v) is 11.2. The predicted molar refractivity (Wildman–Crippen MR) is 79.6 cm³/mol. The number of hydrogen-bond donors (Lipinski definition) is 0. The maximum absolute atomic E-state index is 5.20. The molecule has 100 valence electrons. The van der Waals surface area contributed by atoms with Gasteiger partial charge in [0.25, 0.3) is 0 Å². The van der Waals surface area contributed by atoms with Crippen molar-refractivity contribution in [2.45, 2.75) is 6.61 Å². The third-order valence-corrected chi connectivity index (χ3v) is 3.48. The number of rotatable bonds is 0. The van der Waals surface area contributed by atoms with Crippen molar-refractivity contribution in [1.29, 1.82) is 0 Å². The first-order chi connectivity index (χ1) is 10.4. The summed E-state index contributed by atoms with van der Waals surface area (Å²) >= 11 is 0. The Bertz CT molecular complexity index is 876. The molecule has 3 heteroatoms. The number of benzene rings is 2. The van der Waals surface area contributed by atoms with E-state index >= 15 is 0 Å². The van der Waals surface area contributed by atoms with Crippen molar-refractivity contribution in [1.82, 2.24) is 4.98 Å². The summed E-state index contributed by atoms with van der Waals surface area (Å²) in [5.74, 6) is 7.13. The molecule has 0 aliphatic carbocycles. The molecular weight excluding hydrogens is 262 g/mol. The third kappa shape index (κ3) is 2.12. The number of hydrogen-bond acceptors (Lipinski definition) is 3. The Morgan fingerprint density at radius 3 is 2.81 bits per heavy atom. The van der Waals surface area contributed by atoms with E-state index in [4.69, 9.17) is 9.78 Å². The first kappa shape index (κ1) is 12.0. The highest BCUT2D eigenvalue weighted by Crippen LogP contribution is 2.34. The normalized spacial score (nSPS) is 12.4. The van der Waals surface area contributed by atoms with E-state index in [9.17, 15) is 0 Å². The number of nitrogens with zero attached hydrogens (tertiary/aromatic N) is 1. The molecule has 0 saturated heterocycles. The summed E-state index contributed by atoms with van der Waals surface area (Å²) in [6, 6.07) is 13.8. The van der Waals surface area contributed by atoms with E-state index in [0.29, 0.717) is 6.61 Å². The van der Waals surface area contributed by atoms with Crippen LogP contribution in [0.5, 0.6) is 5.75 Å². The number of pyridine rings is 1. The van der Waals surface area contributed by atoms with E-state index in [2.05, 4.69) is 16.8 Å². The zero-order chi connectivity index (χ0) is 14.1. The van der Waals surface area contributed by atoms with Crippen LogP contribution in [-0.2, 0) is 11.5 Å². The SMILES string of the molecule is C(#Cc1cc2c(c3cnccc13)COO2)c1ccccc1. The molecule has 1 aliphatic heterocycles. The topological polar surface area (TPSA) is 31.4 Å². The second-order valence-corrected chi connectivity index (χ2v) is 4.78. The lowest BCUT2D eigenvalue weighted by molar-refractivity contribution is -0.194. The van der Waals surface area contributed by atoms with E-state index < -0.39 is 0 Å². The average Bonchev–Trinajstić information content (AvgIpc) is 3.02. The quantitative estimate of drug-likeness (QED) is 0.464. The Labute approximate surface area is 122 Å². The van der Waals surface area contributed by atoms with Gasteiger partial charge < -0.3 is 4.89 Å². The minimum atomic E-state index is 0.448. The van der Waals surface area contributed by atoms with Crippen LogP contribution in [0.1, 0.15) is 16.7 Å². The number of aromatic nitrogens is 1. The lowest BCUT2D eigenvalue weighted by atomic mass is 10.0. The smallest absolute Gasteiger partial charge is 0.173 e. The molecule has 0 fully saturated rings. The molecule has 1 aliphatic rings. The van der Waals surface area contributed by atoms with Crippen LogP contribution in [0.15, 0.2) is 54.9 Å². The van der Waals surface area contributed by atoms with Crippen molar-refractivity contribution >= 4 is 10.8 Å². The van der Waals surface area contributed by atoms with Crippen molar-refractivity contribution in [3.05, 3.63) is 71.5 Å². The highest BCUT2D eigenvalue weighted by atomic mass is 17.2. The van der Waals surface area contributed by atoms with Crippen molar-refractivity contribution in [2.24, 2.45) is 0 Å². The standard InChI is InChI=1S/C18H11NO2/c1-2-4-13(5-3-1)6-7-14-10-18-17(12-20-21-18)16-11-19-9-8-15(14)16/h1-5,8-11H,12H2. The maximum Gasteiger partial charge on any atom is 0.173 e. The molecule has 21 heavy (non-hydrogen) atoms. The molecule has 4 rings (SSSR count). The molecule has 0 atom stereocenters. The van der Waals surface area contributed by atoms with Crippen LogP contribution in [0.3, 0.4) is 0 Å². The van der Waals surface area contributed by atoms with Gasteiger partial charge in [-0.2, -0.15) is 4.89 Å². The number of fused-ring (bicyclic) bond motifs is 3. The molecule has 3 aromatic rings. The van der Waals surface area contributed by atoms with Crippen LogP contribution in [0.4, 0.5) is 0 Å². The average molecular weight is 273 g/mol. The van der Waals surface area contributed by atoms with Crippen molar-refractivity contribution in [2.75, 3.05) is 0 Å². The first-order valence-corrected chi connectivity index (χ1v) is 6.68. The Balaban J connectivity index is 1.90. The van der Waals surface area contributed by atoms with E-state index in [1.807, 2.05) is 48.7 Å². The van der Waals surface area contributed by atoms with Gasteiger partial charge in [0.1, 0.15) is 6.61 Å². The molecule has 0 saturated carbocycles. The molecule has 1 aromatic heterocycles. The Morgan fingerprint density at radius 1 is 1.00 bits per heavy atom. The molecule has 0 unspecified atom stereocenters. The molecule has 0 radical (unpaired) electrons. The first-order valence-electron chi connectivity index (χ1n) is 6.68. The van der Waals surface area contributed by atoms with Crippen LogP contribution in [0, 0.1) is 11.8 Å². The highest BCUT2D eigenvalue weighted by molar-refractivity contribution is 5.92. The van der Waals surface area contributed by atoms with Crippen molar-refractivity contribution in [3.63, 3.8) is 0 Å². The molecule has 2 aromatic carbocycles. The third-order valence-electron chi connectivity index (χ3n) is 3.48. The Morgan fingerprint density at radius 2 is 1.90 bits per heavy atom. The van der Waals surface area contributed by atoms with Gasteiger partial charge >= 0.3 is 0 Å². The van der Waals surface area contributed by atoms with Gasteiger partial charge in [-0.05, 0) is 18.2 Å². The van der Waals surface area contributed by atoms with Gasteiger partial charge in [0, 0.05) is 45.9 Å². The lowest BCUT2D eigenvalue weighted by Crippen LogP contribution is -1.87. The summed E-state index contributed by atoms with van der Waals surface area (Å²) in [6.07, 6.45) is 3.61. The van der Waals surface area contributed by atoms with Gasteiger partial charge in [-0.1, -0.05) is 30.0 Å². The van der Waals surface area contributed by atoms with E-state index in [1.165, 1.54) is 0 Å². The van der Waals surface area contributed by atoms with E-state index in [-0.39, 0.29) is 0 Å². The van der Waals surface area contributed by atoms with Crippen LogP contribution in [0.25, 0.3) is 10.8 Å². The molecule has 0 N–H and O–H groups in total. The van der Waals surface area contributed by atoms with Gasteiger partial charge in [0.05, 0.1) is 0 Å². The molecule has 0 spiro atoms.